The number of benzene rings is 1. The van der Waals surface area contributed by atoms with E-state index >= 15 is 0 Å². The van der Waals surface area contributed by atoms with E-state index in [1.54, 1.807) is 18.2 Å². The predicted molar refractivity (Wildman–Crippen MR) is 54.0 cm³/mol. The third-order valence-electron chi connectivity index (χ3n) is 1.58. The minimum absolute atomic E-state index is 0.489. The summed E-state index contributed by atoms with van der Waals surface area (Å²) in [6.07, 6.45) is -0.533. The summed E-state index contributed by atoms with van der Waals surface area (Å²) >= 11 is 5.80. The first kappa shape index (κ1) is 10.7. The SMILES string of the molecule is COC(=O)Nc1ccc(Cl)c(OC)c1. The number of nitrogens with one attached hydrogen (secondary N) is 1. The maximum absolute atomic E-state index is 10.9. The zero-order valence-corrected chi connectivity index (χ0v) is 8.59. The number of carbonyl (C=O) groups excluding carboxylic acids is 1. The van der Waals surface area contributed by atoms with Crippen LogP contribution in [0.4, 0.5) is 10.5 Å². The molecule has 1 amide bonds. The number of anilines is 1. The Labute approximate surface area is 86.8 Å². The molecule has 5 heteroatoms. The first-order valence-corrected chi connectivity index (χ1v) is 4.23. The zero-order chi connectivity index (χ0) is 10.6. The summed E-state index contributed by atoms with van der Waals surface area (Å²) in [5.74, 6) is 0.501. The van der Waals surface area contributed by atoms with Gasteiger partial charge >= 0.3 is 6.09 Å². The molecular formula is C9H10ClNO3. The van der Waals surface area contributed by atoms with Crippen LogP contribution in [0.5, 0.6) is 5.75 Å². The summed E-state index contributed by atoms with van der Waals surface area (Å²) in [6, 6.07) is 4.90. The Balaban J connectivity index is 2.84. The van der Waals surface area contributed by atoms with Crippen LogP contribution in [0.1, 0.15) is 0 Å². The summed E-state index contributed by atoms with van der Waals surface area (Å²) in [5.41, 5.74) is 0.568. The Hall–Kier alpha value is -1.42. The van der Waals surface area contributed by atoms with Crippen molar-refractivity contribution in [1.29, 1.82) is 0 Å². The van der Waals surface area contributed by atoms with Crippen LogP contribution in [0, 0.1) is 0 Å². The molecule has 1 N–H and O–H groups in total. The third-order valence-corrected chi connectivity index (χ3v) is 1.90. The Morgan fingerprint density at radius 2 is 2.14 bits per heavy atom. The van der Waals surface area contributed by atoms with Gasteiger partial charge in [-0.05, 0) is 12.1 Å². The summed E-state index contributed by atoms with van der Waals surface area (Å²) in [6.45, 7) is 0. The lowest BCUT2D eigenvalue weighted by molar-refractivity contribution is 0.187. The van der Waals surface area contributed by atoms with Crippen molar-refractivity contribution in [2.24, 2.45) is 0 Å². The Bertz CT molecular complexity index is 341. The lowest BCUT2D eigenvalue weighted by Gasteiger charge is -2.06. The van der Waals surface area contributed by atoms with Crippen molar-refractivity contribution in [2.45, 2.75) is 0 Å². The van der Waals surface area contributed by atoms with E-state index in [9.17, 15) is 4.79 Å². The minimum atomic E-state index is -0.533. The molecule has 76 valence electrons. The molecule has 0 saturated heterocycles. The van der Waals surface area contributed by atoms with E-state index in [1.807, 2.05) is 0 Å². The second-order valence-corrected chi connectivity index (χ2v) is 2.87. The van der Waals surface area contributed by atoms with Crippen LogP contribution in [0.3, 0.4) is 0 Å². The van der Waals surface area contributed by atoms with Gasteiger partial charge in [-0.25, -0.2) is 4.79 Å². The van der Waals surface area contributed by atoms with Crippen molar-refractivity contribution < 1.29 is 14.3 Å². The first-order chi connectivity index (χ1) is 6.67. The molecule has 0 saturated carbocycles. The van der Waals surface area contributed by atoms with Crippen LogP contribution >= 0.6 is 11.6 Å². The van der Waals surface area contributed by atoms with E-state index < -0.39 is 6.09 Å². The maximum atomic E-state index is 10.9. The molecule has 0 aliphatic rings. The van der Waals surface area contributed by atoms with Crippen molar-refractivity contribution in [2.75, 3.05) is 19.5 Å². The highest BCUT2D eigenvalue weighted by molar-refractivity contribution is 6.32. The first-order valence-electron chi connectivity index (χ1n) is 3.86. The average molecular weight is 216 g/mol. The largest absolute Gasteiger partial charge is 0.495 e. The molecule has 0 heterocycles. The van der Waals surface area contributed by atoms with Gasteiger partial charge in [0.25, 0.3) is 0 Å². The Morgan fingerprint density at radius 1 is 1.43 bits per heavy atom. The molecule has 0 aromatic heterocycles. The number of amides is 1. The molecule has 4 nitrogen and oxygen atoms in total. The summed E-state index contributed by atoms with van der Waals surface area (Å²) in [4.78, 5) is 10.9. The van der Waals surface area contributed by atoms with E-state index in [2.05, 4.69) is 10.1 Å². The lowest BCUT2D eigenvalue weighted by atomic mass is 10.3. The van der Waals surface area contributed by atoms with Crippen molar-refractivity contribution in [3.8, 4) is 5.75 Å². The molecular weight excluding hydrogens is 206 g/mol. The average Bonchev–Trinajstić information content (AvgIpc) is 2.20. The molecule has 0 fully saturated rings. The lowest BCUT2D eigenvalue weighted by Crippen LogP contribution is -2.10. The minimum Gasteiger partial charge on any atom is -0.495 e. The molecule has 0 radical (unpaired) electrons. The number of hydrogen-bond acceptors (Lipinski definition) is 3. The molecule has 0 aliphatic heterocycles. The van der Waals surface area contributed by atoms with Crippen LogP contribution < -0.4 is 10.1 Å². The fourth-order valence-corrected chi connectivity index (χ4v) is 1.10. The molecule has 14 heavy (non-hydrogen) atoms. The van der Waals surface area contributed by atoms with Gasteiger partial charge in [0.2, 0.25) is 0 Å². The maximum Gasteiger partial charge on any atom is 0.411 e. The highest BCUT2D eigenvalue weighted by atomic mass is 35.5. The van der Waals surface area contributed by atoms with Gasteiger partial charge in [0, 0.05) is 11.8 Å². The van der Waals surface area contributed by atoms with Crippen molar-refractivity contribution in [1.82, 2.24) is 0 Å². The van der Waals surface area contributed by atoms with Gasteiger partial charge in [0.1, 0.15) is 5.75 Å². The summed E-state index contributed by atoms with van der Waals surface area (Å²) in [5, 5.41) is 2.98. The second kappa shape index (κ2) is 4.72. The third kappa shape index (κ3) is 2.53. The number of halogens is 1. The molecule has 0 bridgehead atoms. The predicted octanol–water partition coefficient (Wildman–Crippen LogP) is 2.53. The molecule has 0 unspecified atom stereocenters. The number of rotatable bonds is 2. The number of hydrogen-bond donors (Lipinski definition) is 1. The second-order valence-electron chi connectivity index (χ2n) is 2.47. The van der Waals surface area contributed by atoms with Crippen LogP contribution in [-0.2, 0) is 4.74 Å². The molecule has 1 aromatic carbocycles. The molecule has 1 aromatic rings. The van der Waals surface area contributed by atoms with Crippen LogP contribution in [0.2, 0.25) is 5.02 Å². The fraction of sp³-hybridized carbons (Fsp3) is 0.222. The number of methoxy groups -OCH3 is 2. The molecule has 0 atom stereocenters. The highest BCUT2D eigenvalue weighted by Crippen LogP contribution is 2.27. The topological polar surface area (TPSA) is 47.6 Å². The van der Waals surface area contributed by atoms with Gasteiger partial charge in [0.05, 0.1) is 19.2 Å². The fourth-order valence-electron chi connectivity index (χ4n) is 0.906. The van der Waals surface area contributed by atoms with E-state index in [-0.39, 0.29) is 0 Å². The summed E-state index contributed by atoms with van der Waals surface area (Å²) in [7, 11) is 2.80. The normalized spacial score (nSPS) is 9.36. The van der Waals surface area contributed by atoms with Gasteiger partial charge in [-0.15, -0.1) is 0 Å². The van der Waals surface area contributed by atoms with Gasteiger partial charge in [-0.3, -0.25) is 5.32 Å². The van der Waals surface area contributed by atoms with E-state index in [4.69, 9.17) is 16.3 Å². The zero-order valence-electron chi connectivity index (χ0n) is 7.83. The van der Waals surface area contributed by atoms with Gasteiger partial charge in [-0.2, -0.15) is 0 Å². The Kier molecular flexibility index (Phi) is 3.59. The van der Waals surface area contributed by atoms with Gasteiger partial charge < -0.3 is 9.47 Å². The quantitative estimate of drug-likeness (QED) is 0.825. The van der Waals surface area contributed by atoms with Crippen molar-refractivity contribution in [3.63, 3.8) is 0 Å². The molecule has 0 aliphatic carbocycles. The van der Waals surface area contributed by atoms with Gasteiger partial charge in [0.15, 0.2) is 0 Å². The standard InChI is InChI=1S/C9H10ClNO3/c1-13-8-5-6(3-4-7(8)10)11-9(12)14-2/h3-5H,1-2H3,(H,11,12). The van der Waals surface area contributed by atoms with E-state index in [0.29, 0.717) is 16.5 Å². The van der Waals surface area contributed by atoms with Crippen molar-refractivity contribution in [3.05, 3.63) is 23.2 Å². The van der Waals surface area contributed by atoms with Crippen molar-refractivity contribution >= 4 is 23.4 Å². The molecule has 0 spiro atoms. The number of carbonyl (C=O) groups is 1. The monoisotopic (exact) mass is 215 g/mol. The number of ether oxygens (including phenoxy) is 2. The summed E-state index contributed by atoms with van der Waals surface area (Å²) < 4.78 is 9.41. The van der Waals surface area contributed by atoms with Crippen LogP contribution in [0.25, 0.3) is 0 Å². The van der Waals surface area contributed by atoms with Crippen LogP contribution in [-0.4, -0.2) is 20.3 Å². The van der Waals surface area contributed by atoms with Gasteiger partial charge in [-0.1, -0.05) is 11.6 Å². The highest BCUT2D eigenvalue weighted by Gasteiger charge is 2.04. The molecule has 1 rings (SSSR count). The van der Waals surface area contributed by atoms with E-state index in [1.165, 1.54) is 14.2 Å². The van der Waals surface area contributed by atoms with Crippen LogP contribution in [0.15, 0.2) is 18.2 Å². The smallest absolute Gasteiger partial charge is 0.411 e. The van der Waals surface area contributed by atoms with E-state index in [0.717, 1.165) is 0 Å². The Morgan fingerprint density at radius 3 is 2.71 bits per heavy atom.